The van der Waals surface area contributed by atoms with Gasteiger partial charge in [-0.3, -0.25) is 23.8 Å². The first-order valence-electron chi connectivity index (χ1n) is 9.03. The van der Waals surface area contributed by atoms with E-state index >= 15 is 0 Å². The monoisotopic (exact) mass is 549 g/mol. The molecule has 3 rings (SSSR count). The Bertz CT molecular complexity index is 998. The summed E-state index contributed by atoms with van der Waals surface area (Å²) < 4.78 is 23.8. The summed E-state index contributed by atoms with van der Waals surface area (Å²) >= 11 is 1.93. The maximum absolute atomic E-state index is 11.8. The highest BCUT2D eigenvalue weighted by Gasteiger charge is 2.51. The first kappa shape index (κ1) is 23.1. The third-order valence-electron chi connectivity index (χ3n) is 4.21. The van der Waals surface area contributed by atoms with E-state index in [4.69, 9.17) is 23.8 Å². The second-order valence-corrected chi connectivity index (χ2v) is 7.45. The highest BCUT2D eigenvalue weighted by atomic mass is 127. The molecule has 0 saturated carbocycles. The summed E-state index contributed by atoms with van der Waals surface area (Å²) in [6.07, 6.45) is -2.51. The van der Waals surface area contributed by atoms with Crippen molar-refractivity contribution in [2.45, 2.75) is 45.3 Å². The predicted molar refractivity (Wildman–Crippen MR) is 110 cm³/mol. The largest absolute Gasteiger partial charge is 0.463 e. The zero-order valence-corrected chi connectivity index (χ0v) is 19.2. The maximum atomic E-state index is 11.8. The molecule has 0 amide bonds. The molecule has 0 bridgehead atoms. The van der Waals surface area contributed by atoms with Gasteiger partial charge in [-0.2, -0.15) is 0 Å². The van der Waals surface area contributed by atoms with E-state index in [9.17, 15) is 14.4 Å². The number of nitrogens with zero attached hydrogens (tertiary/aromatic N) is 4. The number of nitrogens with one attached hydrogen (secondary N) is 1. The van der Waals surface area contributed by atoms with Gasteiger partial charge >= 0.3 is 17.9 Å². The highest BCUT2D eigenvalue weighted by molar-refractivity contribution is 14.1. The second-order valence-electron chi connectivity index (χ2n) is 6.49. The van der Waals surface area contributed by atoms with Crippen molar-refractivity contribution < 1.29 is 38.2 Å². The number of carbonyl (C=O) groups is 3. The second kappa shape index (κ2) is 9.69. The van der Waals surface area contributed by atoms with E-state index in [0.29, 0.717) is 20.8 Å². The van der Waals surface area contributed by atoms with E-state index in [1.54, 1.807) is 0 Å². The molecule has 0 spiro atoms. The molecule has 13 nitrogen and oxygen atoms in total. The molecule has 1 saturated heterocycles. The molecule has 31 heavy (non-hydrogen) atoms. The zero-order valence-electron chi connectivity index (χ0n) is 17.0. The summed E-state index contributed by atoms with van der Waals surface area (Å²) in [5, 5.41) is 0. The molecule has 0 radical (unpaired) electrons. The number of aromatic nitrogens is 4. The third kappa shape index (κ3) is 5.19. The molecule has 1 N–H and O–H groups in total. The Morgan fingerprint density at radius 3 is 2.42 bits per heavy atom. The van der Waals surface area contributed by atoms with Crippen molar-refractivity contribution in [3.63, 3.8) is 0 Å². The number of imidazole rings is 1. The highest BCUT2D eigenvalue weighted by Crippen LogP contribution is 2.36. The smallest absolute Gasteiger partial charge is 0.303 e. The quantitative estimate of drug-likeness (QED) is 0.170. The third-order valence-corrected chi connectivity index (χ3v) is 4.69. The van der Waals surface area contributed by atoms with Crippen LogP contribution in [0, 0.1) is 3.83 Å². The molecule has 0 aromatic carbocycles. The summed E-state index contributed by atoms with van der Waals surface area (Å²) in [6.45, 7) is 3.46. The molecule has 3 heterocycles. The van der Waals surface area contributed by atoms with Crippen LogP contribution in [0.1, 0.15) is 27.0 Å². The minimum absolute atomic E-state index is 0.211. The van der Waals surface area contributed by atoms with Crippen LogP contribution in [-0.2, 0) is 38.2 Å². The Morgan fingerprint density at radius 2 is 1.81 bits per heavy atom. The van der Waals surface area contributed by atoms with Gasteiger partial charge in [0.2, 0.25) is 0 Å². The molecule has 0 unspecified atom stereocenters. The van der Waals surface area contributed by atoms with Crippen molar-refractivity contribution in [3.05, 3.63) is 10.2 Å². The SMILES string of the molecule is CONc1nc(I)nc2c1ncn2[C@@H]1O[C@H](COC(C)=O)[C@H](OC(C)=O)[C@H]1OC(C)=O. The van der Waals surface area contributed by atoms with Crippen LogP contribution >= 0.6 is 22.6 Å². The van der Waals surface area contributed by atoms with Crippen LogP contribution in [0.3, 0.4) is 0 Å². The average Bonchev–Trinajstić information content (AvgIpc) is 3.21. The molecule has 4 atom stereocenters. The summed E-state index contributed by atoms with van der Waals surface area (Å²) in [5.74, 6) is -1.44. The summed E-state index contributed by atoms with van der Waals surface area (Å²) in [7, 11) is 1.43. The van der Waals surface area contributed by atoms with Gasteiger partial charge in [-0.25, -0.2) is 20.4 Å². The van der Waals surface area contributed by atoms with Crippen molar-refractivity contribution in [1.29, 1.82) is 0 Å². The summed E-state index contributed by atoms with van der Waals surface area (Å²) in [4.78, 5) is 52.6. The Kier molecular flexibility index (Phi) is 7.22. The fourth-order valence-electron chi connectivity index (χ4n) is 3.16. The van der Waals surface area contributed by atoms with Crippen LogP contribution in [0.25, 0.3) is 11.2 Å². The summed E-state index contributed by atoms with van der Waals surface area (Å²) in [5.41, 5.74) is 3.36. The van der Waals surface area contributed by atoms with Crippen LogP contribution in [0.15, 0.2) is 6.33 Å². The van der Waals surface area contributed by atoms with Crippen LogP contribution in [0.5, 0.6) is 0 Å². The van der Waals surface area contributed by atoms with Crippen molar-refractivity contribution in [2.24, 2.45) is 0 Å². The number of anilines is 1. The Morgan fingerprint density at radius 1 is 1.13 bits per heavy atom. The van der Waals surface area contributed by atoms with Gasteiger partial charge in [0, 0.05) is 43.4 Å². The van der Waals surface area contributed by atoms with E-state index in [0.717, 1.165) is 0 Å². The van der Waals surface area contributed by atoms with Crippen molar-refractivity contribution >= 4 is 57.5 Å². The Labute approximate surface area is 189 Å². The number of halogens is 1. The maximum Gasteiger partial charge on any atom is 0.303 e. The fourth-order valence-corrected chi connectivity index (χ4v) is 3.63. The van der Waals surface area contributed by atoms with Crippen molar-refractivity contribution in [2.75, 3.05) is 19.2 Å². The van der Waals surface area contributed by atoms with Gasteiger partial charge in [0.25, 0.3) is 0 Å². The van der Waals surface area contributed by atoms with Crippen molar-refractivity contribution in [1.82, 2.24) is 19.5 Å². The summed E-state index contributed by atoms with van der Waals surface area (Å²) in [6, 6.07) is 0. The van der Waals surface area contributed by atoms with Gasteiger partial charge in [0.05, 0.1) is 13.4 Å². The van der Waals surface area contributed by atoms with E-state index in [-0.39, 0.29) is 6.61 Å². The Balaban J connectivity index is 2.05. The van der Waals surface area contributed by atoms with Gasteiger partial charge in [-0.15, -0.1) is 0 Å². The molecule has 2 aromatic rings. The van der Waals surface area contributed by atoms with Crippen LogP contribution in [0.4, 0.5) is 5.82 Å². The lowest BCUT2D eigenvalue weighted by Gasteiger charge is -2.23. The lowest BCUT2D eigenvalue weighted by molar-refractivity contribution is -0.166. The first-order chi connectivity index (χ1) is 14.7. The lowest BCUT2D eigenvalue weighted by Crippen LogP contribution is -2.40. The molecular weight excluding hydrogens is 529 g/mol. The number of esters is 3. The van der Waals surface area contributed by atoms with Crippen LogP contribution in [-0.4, -0.2) is 69.5 Å². The molecule has 1 fully saturated rings. The minimum Gasteiger partial charge on any atom is -0.463 e. The minimum atomic E-state index is -1.05. The Hall–Kier alpha value is -2.59. The number of rotatable bonds is 7. The topological polar surface area (TPSA) is 153 Å². The van der Waals surface area contributed by atoms with Crippen LogP contribution in [0.2, 0.25) is 0 Å². The predicted octanol–water partition coefficient (Wildman–Crippen LogP) is 0.728. The van der Waals surface area contributed by atoms with Gasteiger partial charge < -0.3 is 18.9 Å². The van der Waals surface area contributed by atoms with Crippen molar-refractivity contribution in [3.8, 4) is 0 Å². The first-order valence-corrected chi connectivity index (χ1v) is 10.1. The number of hydrogen-bond acceptors (Lipinski definition) is 12. The van der Waals surface area contributed by atoms with Gasteiger partial charge in [-0.05, 0) is 0 Å². The van der Waals surface area contributed by atoms with Gasteiger partial charge in [-0.1, -0.05) is 0 Å². The lowest BCUT2D eigenvalue weighted by atomic mass is 10.1. The molecule has 168 valence electrons. The molecule has 2 aromatic heterocycles. The van der Waals surface area contributed by atoms with Gasteiger partial charge in [0.15, 0.2) is 39.2 Å². The van der Waals surface area contributed by atoms with Gasteiger partial charge in [0.1, 0.15) is 12.7 Å². The van der Waals surface area contributed by atoms with E-state index in [1.165, 1.54) is 38.8 Å². The number of ether oxygens (including phenoxy) is 4. The number of hydrogen-bond donors (Lipinski definition) is 1. The van der Waals surface area contributed by atoms with Crippen LogP contribution < -0.4 is 5.48 Å². The molecule has 1 aliphatic heterocycles. The zero-order chi connectivity index (χ0) is 22.7. The average molecular weight is 549 g/mol. The number of fused-ring (bicyclic) bond motifs is 1. The molecule has 1 aliphatic rings. The van der Waals surface area contributed by atoms with E-state index in [1.807, 2.05) is 22.6 Å². The van der Waals surface area contributed by atoms with E-state index < -0.39 is 42.4 Å². The normalized spacial score (nSPS) is 22.9. The fraction of sp³-hybridized carbons (Fsp3) is 0.529. The number of carbonyl (C=O) groups excluding carboxylic acids is 3. The molecular formula is C17H20IN5O8. The molecule has 0 aliphatic carbocycles. The standard InChI is InChI=1S/C17H20IN5O8/c1-7(24)28-5-10-12(29-8(2)25)13(30-9(3)26)16(31-10)23-6-19-11-14(22-27-4)20-17(18)21-15(11)23/h6,10,12-13,16H,5H2,1-4H3,(H,20,21,22)/t10-,12+,13-,16-/m1/s1. The molecule has 14 heteroatoms. The van der Waals surface area contributed by atoms with E-state index in [2.05, 4.69) is 20.4 Å².